The monoisotopic (exact) mass is 391 g/mol. The zero-order valence-corrected chi connectivity index (χ0v) is 16.0. The lowest BCUT2D eigenvalue weighted by molar-refractivity contribution is -0.130. The van der Waals surface area contributed by atoms with Gasteiger partial charge in [0, 0.05) is 44.1 Å². The summed E-state index contributed by atoms with van der Waals surface area (Å²) < 4.78 is 10.6. The average molecular weight is 392 g/mol. The molecular weight excluding hydrogens is 365 g/mol. The van der Waals surface area contributed by atoms with Crippen molar-refractivity contribution < 1.29 is 14.3 Å². The fourth-order valence-corrected chi connectivity index (χ4v) is 3.21. The first kappa shape index (κ1) is 21.8. The number of nitrogens with zero attached hydrogens (tertiary/aromatic N) is 1. The van der Waals surface area contributed by atoms with Crippen LogP contribution in [0.2, 0.25) is 0 Å². The minimum atomic E-state index is -0.776. The van der Waals surface area contributed by atoms with E-state index in [1.54, 1.807) is 7.11 Å². The summed E-state index contributed by atoms with van der Waals surface area (Å²) in [7, 11) is 1.67. The second kappa shape index (κ2) is 9.48. The summed E-state index contributed by atoms with van der Waals surface area (Å²) in [6, 6.07) is 8.14. The molecule has 1 unspecified atom stereocenters. The molecule has 6 nitrogen and oxygen atoms in total. The summed E-state index contributed by atoms with van der Waals surface area (Å²) in [5.74, 6) is 0.802. The van der Waals surface area contributed by atoms with Gasteiger partial charge in [0.25, 0.3) is 0 Å². The van der Waals surface area contributed by atoms with Crippen molar-refractivity contribution in [3.63, 3.8) is 0 Å². The van der Waals surface area contributed by atoms with Crippen LogP contribution in [0.4, 0.5) is 5.69 Å². The molecule has 1 amide bonds. The summed E-state index contributed by atoms with van der Waals surface area (Å²) in [4.78, 5) is 14.8. The van der Waals surface area contributed by atoms with E-state index in [1.807, 2.05) is 18.2 Å². The number of hydrogen-bond acceptors (Lipinski definition) is 5. The predicted molar refractivity (Wildman–Crippen MR) is 103 cm³/mol. The third-order valence-corrected chi connectivity index (χ3v) is 4.78. The van der Waals surface area contributed by atoms with Crippen molar-refractivity contribution >= 4 is 36.4 Å². The Bertz CT molecular complexity index is 568. The number of ether oxygens (including phenoxy) is 2. The Morgan fingerprint density at radius 1 is 1.36 bits per heavy atom. The highest BCUT2D eigenvalue weighted by molar-refractivity contribution is 5.86. The van der Waals surface area contributed by atoms with Gasteiger partial charge >= 0.3 is 0 Å². The van der Waals surface area contributed by atoms with Gasteiger partial charge in [-0.15, -0.1) is 24.8 Å². The van der Waals surface area contributed by atoms with Gasteiger partial charge in [-0.3, -0.25) is 4.79 Å². The van der Waals surface area contributed by atoms with Crippen LogP contribution in [-0.2, 0) is 9.53 Å². The van der Waals surface area contributed by atoms with Crippen LogP contribution in [0, 0.1) is 0 Å². The van der Waals surface area contributed by atoms with E-state index in [2.05, 4.69) is 16.3 Å². The Kier molecular flexibility index (Phi) is 8.28. The molecule has 2 fully saturated rings. The van der Waals surface area contributed by atoms with E-state index in [-0.39, 0.29) is 36.8 Å². The summed E-state index contributed by atoms with van der Waals surface area (Å²) in [6.07, 6.45) is 2.10. The largest absolute Gasteiger partial charge is 0.497 e. The lowest BCUT2D eigenvalue weighted by atomic mass is 9.90. The minimum absolute atomic E-state index is 0. The number of carbonyl (C=O) groups excluding carboxylic acids is 1. The summed E-state index contributed by atoms with van der Waals surface area (Å²) >= 11 is 0. The molecule has 1 aromatic carbocycles. The molecule has 2 aliphatic heterocycles. The van der Waals surface area contributed by atoms with Gasteiger partial charge < -0.3 is 25.4 Å². The molecule has 2 aliphatic rings. The number of rotatable bonds is 4. The van der Waals surface area contributed by atoms with Crippen LogP contribution in [-0.4, -0.2) is 50.9 Å². The molecule has 2 saturated heterocycles. The van der Waals surface area contributed by atoms with Crippen molar-refractivity contribution in [1.29, 1.82) is 0 Å². The average Bonchev–Trinajstić information content (AvgIpc) is 3.04. The molecule has 1 atom stereocenters. The van der Waals surface area contributed by atoms with Crippen molar-refractivity contribution in [2.45, 2.75) is 30.8 Å². The van der Waals surface area contributed by atoms with Gasteiger partial charge in [0.05, 0.1) is 12.6 Å². The minimum Gasteiger partial charge on any atom is -0.497 e. The number of methoxy groups -OCH3 is 1. The Hall–Kier alpha value is -1.21. The molecular formula is C17H27Cl2N3O3. The Labute approximate surface area is 161 Å². The van der Waals surface area contributed by atoms with Crippen molar-refractivity contribution in [2.24, 2.45) is 5.73 Å². The molecule has 3 rings (SSSR count). The Morgan fingerprint density at radius 3 is 2.76 bits per heavy atom. The SMILES string of the molecule is COc1cccc(N2CCC(NC(=O)C3(N)CCOCC3)C2)c1.Cl.Cl. The molecule has 1 aromatic rings. The lowest BCUT2D eigenvalue weighted by Crippen LogP contribution is -2.59. The molecule has 0 bridgehead atoms. The maximum atomic E-state index is 12.5. The van der Waals surface area contributed by atoms with E-state index in [0.29, 0.717) is 26.1 Å². The highest BCUT2D eigenvalue weighted by Gasteiger charge is 2.37. The fourth-order valence-electron chi connectivity index (χ4n) is 3.21. The van der Waals surface area contributed by atoms with Crippen molar-refractivity contribution in [3.8, 4) is 5.75 Å². The third-order valence-electron chi connectivity index (χ3n) is 4.78. The van der Waals surface area contributed by atoms with Gasteiger partial charge in [0.1, 0.15) is 5.75 Å². The highest BCUT2D eigenvalue weighted by atomic mass is 35.5. The zero-order valence-electron chi connectivity index (χ0n) is 14.4. The normalized spacial score (nSPS) is 21.7. The van der Waals surface area contributed by atoms with Gasteiger partial charge in [-0.25, -0.2) is 0 Å². The number of anilines is 1. The second-order valence-electron chi connectivity index (χ2n) is 6.38. The van der Waals surface area contributed by atoms with Gasteiger partial charge in [-0.2, -0.15) is 0 Å². The molecule has 25 heavy (non-hydrogen) atoms. The maximum Gasteiger partial charge on any atom is 0.240 e. The van der Waals surface area contributed by atoms with E-state index in [9.17, 15) is 4.79 Å². The predicted octanol–water partition coefficient (Wildman–Crippen LogP) is 1.74. The summed E-state index contributed by atoms with van der Waals surface area (Å²) in [5.41, 5.74) is 6.59. The van der Waals surface area contributed by atoms with Crippen molar-refractivity contribution in [1.82, 2.24) is 5.32 Å². The van der Waals surface area contributed by atoms with Crippen LogP contribution in [0.1, 0.15) is 19.3 Å². The quantitative estimate of drug-likeness (QED) is 0.817. The van der Waals surface area contributed by atoms with Crippen molar-refractivity contribution in [3.05, 3.63) is 24.3 Å². The number of nitrogens with one attached hydrogen (secondary N) is 1. The Morgan fingerprint density at radius 2 is 2.08 bits per heavy atom. The summed E-state index contributed by atoms with van der Waals surface area (Å²) in [5, 5.41) is 3.13. The van der Waals surface area contributed by atoms with Crippen LogP contribution in [0.25, 0.3) is 0 Å². The second-order valence-corrected chi connectivity index (χ2v) is 6.38. The molecule has 0 aliphatic carbocycles. The molecule has 8 heteroatoms. The van der Waals surface area contributed by atoms with E-state index >= 15 is 0 Å². The fraction of sp³-hybridized carbons (Fsp3) is 0.588. The number of amides is 1. The van der Waals surface area contributed by atoms with Crippen LogP contribution >= 0.6 is 24.8 Å². The van der Waals surface area contributed by atoms with E-state index < -0.39 is 5.54 Å². The van der Waals surface area contributed by atoms with Gasteiger partial charge in [0.2, 0.25) is 5.91 Å². The molecule has 142 valence electrons. The molecule has 2 heterocycles. The first-order valence-electron chi connectivity index (χ1n) is 8.17. The van der Waals surface area contributed by atoms with Gasteiger partial charge in [-0.1, -0.05) is 6.07 Å². The van der Waals surface area contributed by atoms with Crippen molar-refractivity contribution in [2.75, 3.05) is 38.3 Å². The van der Waals surface area contributed by atoms with Crippen LogP contribution < -0.4 is 20.7 Å². The van der Waals surface area contributed by atoms with Crippen LogP contribution in [0.3, 0.4) is 0 Å². The Balaban J connectivity index is 0.00000156. The zero-order chi connectivity index (χ0) is 16.3. The molecule has 0 saturated carbocycles. The molecule has 3 N–H and O–H groups in total. The maximum absolute atomic E-state index is 12.5. The lowest BCUT2D eigenvalue weighted by Gasteiger charge is -2.33. The number of hydrogen-bond donors (Lipinski definition) is 2. The molecule has 0 aromatic heterocycles. The van der Waals surface area contributed by atoms with E-state index in [1.165, 1.54) is 0 Å². The first-order valence-corrected chi connectivity index (χ1v) is 8.17. The van der Waals surface area contributed by atoms with E-state index in [4.69, 9.17) is 15.2 Å². The number of halogens is 2. The smallest absolute Gasteiger partial charge is 0.240 e. The molecule has 0 spiro atoms. The summed E-state index contributed by atoms with van der Waals surface area (Å²) in [6.45, 7) is 2.83. The topological polar surface area (TPSA) is 76.8 Å². The number of nitrogens with two attached hydrogens (primary N) is 1. The van der Waals surface area contributed by atoms with E-state index in [0.717, 1.165) is 30.9 Å². The van der Waals surface area contributed by atoms with Gasteiger partial charge in [0.15, 0.2) is 0 Å². The van der Waals surface area contributed by atoms with Gasteiger partial charge in [-0.05, 0) is 31.4 Å². The van der Waals surface area contributed by atoms with Crippen LogP contribution in [0.5, 0.6) is 5.75 Å². The highest BCUT2D eigenvalue weighted by Crippen LogP contribution is 2.25. The van der Waals surface area contributed by atoms with Crippen LogP contribution in [0.15, 0.2) is 24.3 Å². The third kappa shape index (κ3) is 5.14. The first-order chi connectivity index (χ1) is 11.1. The standard InChI is InChI=1S/C17H25N3O3.2ClH/c1-22-15-4-2-3-14(11-15)20-8-5-13(12-20)19-16(21)17(18)6-9-23-10-7-17;;/h2-4,11,13H,5-10,12,18H2,1H3,(H,19,21);2*1H. The molecule has 0 radical (unpaired) electrons. The number of carbonyl (C=O) groups is 1. The number of benzene rings is 1.